The van der Waals surface area contributed by atoms with Gasteiger partial charge in [-0.05, 0) is 24.1 Å². The standard InChI is InChI=1S/C13H14BrNO3/c14-5-3-12(17)13(18)8-1-2-10-9(7-8)11(16)4-6-15-10/h1-2,4,6-7,12-13,17-18H,3,5H2,(H,15,16). The van der Waals surface area contributed by atoms with Gasteiger partial charge < -0.3 is 15.2 Å². The van der Waals surface area contributed by atoms with Crippen molar-refractivity contribution in [3.63, 3.8) is 0 Å². The van der Waals surface area contributed by atoms with Crippen LogP contribution < -0.4 is 5.43 Å². The summed E-state index contributed by atoms with van der Waals surface area (Å²) in [4.78, 5) is 14.6. The smallest absolute Gasteiger partial charge is 0.189 e. The number of benzene rings is 1. The summed E-state index contributed by atoms with van der Waals surface area (Å²) in [5.74, 6) is 0. The maximum absolute atomic E-state index is 11.7. The Labute approximate surface area is 112 Å². The second-order valence-electron chi connectivity index (χ2n) is 4.14. The normalized spacial score (nSPS) is 14.6. The molecule has 2 atom stereocenters. The van der Waals surface area contributed by atoms with Crippen LogP contribution in [0.15, 0.2) is 35.3 Å². The predicted octanol–water partition coefficient (Wildman–Crippen LogP) is 1.71. The SMILES string of the molecule is O=c1cc[nH]c2ccc(C(O)C(O)CCBr)cc12. The zero-order valence-electron chi connectivity index (χ0n) is 9.64. The monoisotopic (exact) mass is 311 g/mol. The molecule has 0 saturated carbocycles. The number of pyridine rings is 1. The van der Waals surface area contributed by atoms with Crippen LogP contribution in [0.3, 0.4) is 0 Å². The van der Waals surface area contributed by atoms with E-state index in [4.69, 9.17) is 0 Å². The van der Waals surface area contributed by atoms with Gasteiger partial charge in [-0.3, -0.25) is 4.79 Å². The first kappa shape index (κ1) is 13.3. The first-order chi connectivity index (χ1) is 8.63. The Hall–Kier alpha value is -1.17. The molecular weight excluding hydrogens is 298 g/mol. The van der Waals surface area contributed by atoms with Gasteiger partial charge in [-0.2, -0.15) is 0 Å². The molecule has 5 heteroatoms. The Balaban J connectivity index is 2.40. The van der Waals surface area contributed by atoms with Gasteiger partial charge in [0.1, 0.15) is 6.10 Å². The van der Waals surface area contributed by atoms with Crippen molar-refractivity contribution in [3.05, 3.63) is 46.2 Å². The number of halogens is 1. The Kier molecular flexibility index (Phi) is 4.16. The summed E-state index contributed by atoms with van der Waals surface area (Å²) in [6, 6.07) is 6.50. The average Bonchev–Trinajstić information content (AvgIpc) is 2.38. The van der Waals surface area contributed by atoms with Crippen molar-refractivity contribution in [1.82, 2.24) is 4.98 Å². The van der Waals surface area contributed by atoms with Gasteiger partial charge in [0.2, 0.25) is 0 Å². The van der Waals surface area contributed by atoms with Crippen LogP contribution in [0.2, 0.25) is 0 Å². The van der Waals surface area contributed by atoms with Crippen molar-refractivity contribution >= 4 is 26.8 Å². The van der Waals surface area contributed by atoms with Crippen LogP contribution in [0.4, 0.5) is 0 Å². The number of hydrogen-bond donors (Lipinski definition) is 3. The fourth-order valence-corrected chi connectivity index (χ4v) is 2.33. The van der Waals surface area contributed by atoms with Gasteiger partial charge >= 0.3 is 0 Å². The number of hydrogen-bond acceptors (Lipinski definition) is 3. The largest absolute Gasteiger partial charge is 0.390 e. The molecule has 1 aromatic heterocycles. The van der Waals surface area contributed by atoms with Gasteiger partial charge in [0.15, 0.2) is 5.43 Å². The molecule has 3 N–H and O–H groups in total. The molecule has 0 spiro atoms. The molecule has 2 rings (SSSR count). The van der Waals surface area contributed by atoms with Crippen molar-refractivity contribution < 1.29 is 10.2 Å². The maximum atomic E-state index is 11.7. The molecule has 0 aliphatic carbocycles. The van der Waals surface area contributed by atoms with Gasteiger partial charge in [0.25, 0.3) is 0 Å². The minimum Gasteiger partial charge on any atom is -0.390 e. The number of aliphatic hydroxyl groups is 2. The summed E-state index contributed by atoms with van der Waals surface area (Å²) >= 11 is 3.22. The van der Waals surface area contributed by atoms with E-state index in [-0.39, 0.29) is 5.43 Å². The summed E-state index contributed by atoms with van der Waals surface area (Å²) in [7, 11) is 0. The first-order valence-electron chi connectivity index (χ1n) is 5.67. The second-order valence-corrected chi connectivity index (χ2v) is 4.93. The summed E-state index contributed by atoms with van der Waals surface area (Å²) in [6.45, 7) is 0. The van der Waals surface area contributed by atoms with Crippen molar-refractivity contribution in [2.24, 2.45) is 0 Å². The van der Waals surface area contributed by atoms with Crippen LogP contribution >= 0.6 is 15.9 Å². The zero-order valence-corrected chi connectivity index (χ0v) is 11.2. The lowest BCUT2D eigenvalue weighted by molar-refractivity contribution is 0.0174. The number of aromatic nitrogens is 1. The molecule has 0 bridgehead atoms. The molecule has 0 radical (unpaired) electrons. The van der Waals surface area contributed by atoms with Crippen LogP contribution in [-0.4, -0.2) is 26.6 Å². The number of H-pyrrole nitrogens is 1. The van der Waals surface area contributed by atoms with Crippen LogP contribution in [-0.2, 0) is 0 Å². The van der Waals surface area contributed by atoms with Crippen LogP contribution in [0.1, 0.15) is 18.1 Å². The molecule has 18 heavy (non-hydrogen) atoms. The van der Waals surface area contributed by atoms with Gasteiger partial charge in [-0.1, -0.05) is 22.0 Å². The topological polar surface area (TPSA) is 73.3 Å². The molecule has 0 aliphatic rings. The van der Waals surface area contributed by atoms with E-state index in [9.17, 15) is 15.0 Å². The molecule has 0 saturated heterocycles. The quantitative estimate of drug-likeness (QED) is 0.753. The molecule has 1 aromatic carbocycles. The number of nitrogens with one attached hydrogen (secondary N) is 1. The van der Waals surface area contributed by atoms with Crippen LogP contribution in [0, 0.1) is 0 Å². The molecule has 2 aromatic rings. The molecular formula is C13H14BrNO3. The minimum absolute atomic E-state index is 0.104. The van der Waals surface area contributed by atoms with Crippen molar-refractivity contribution in [2.75, 3.05) is 5.33 Å². The lowest BCUT2D eigenvalue weighted by Crippen LogP contribution is -2.18. The van der Waals surface area contributed by atoms with E-state index in [0.29, 0.717) is 28.2 Å². The van der Waals surface area contributed by atoms with E-state index >= 15 is 0 Å². The molecule has 0 aliphatic heterocycles. The maximum Gasteiger partial charge on any atom is 0.189 e. The van der Waals surface area contributed by atoms with E-state index in [1.165, 1.54) is 6.07 Å². The highest BCUT2D eigenvalue weighted by molar-refractivity contribution is 9.09. The fraction of sp³-hybridized carbons (Fsp3) is 0.308. The minimum atomic E-state index is -0.980. The van der Waals surface area contributed by atoms with Crippen molar-refractivity contribution in [1.29, 1.82) is 0 Å². The third-order valence-electron chi connectivity index (χ3n) is 2.89. The van der Waals surface area contributed by atoms with E-state index in [0.717, 1.165) is 0 Å². The van der Waals surface area contributed by atoms with Gasteiger partial charge in [-0.15, -0.1) is 0 Å². The molecule has 1 heterocycles. The molecule has 4 nitrogen and oxygen atoms in total. The highest BCUT2D eigenvalue weighted by atomic mass is 79.9. The highest BCUT2D eigenvalue weighted by Crippen LogP contribution is 2.21. The Morgan fingerprint density at radius 3 is 2.78 bits per heavy atom. The van der Waals surface area contributed by atoms with Gasteiger partial charge in [-0.25, -0.2) is 0 Å². The zero-order chi connectivity index (χ0) is 13.1. The summed E-state index contributed by atoms with van der Waals surface area (Å²) < 4.78 is 0. The van der Waals surface area contributed by atoms with Crippen LogP contribution in [0.5, 0.6) is 0 Å². The lowest BCUT2D eigenvalue weighted by atomic mass is 10.0. The predicted molar refractivity (Wildman–Crippen MR) is 73.9 cm³/mol. The van der Waals surface area contributed by atoms with Crippen molar-refractivity contribution in [3.8, 4) is 0 Å². The van der Waals surface area contributed by atoms with Gasteiger partial charge in [0.05, 0.1) is 6.10 Å². The Bertz CT molecular complexity index is 596. The molecule has 0 amide bonds. The molecule has 0 fully saturated rings. The summed E-state index contributed by atoms with van der Waals surface area (Å²) in [5, 5.41) is 20.9. The number of fused-ring (bicyclic) bond motifs is 1. The average molecular weight is 312 g/mol. The number of aromatic amines is 1. The second kappa shape index (κ2) is 5.65. The first-order valence-corrected chi connectivity index (χ1v) is 6.79. The lowest BCUT2D eigenvalue weighted by Gasteiger charge is -2.17. The number of alkyl halides is 1. The Morgan fingerprint density at radius 2 is 2.06 bits per heavy atom. The van der Waals surface area contributed by atoms with Crippen LogP contribution in [0.25, 0.3) is 10.9 Å². The fourth-order valence-electron chi connectivity index (χ4n) is 1.86. The number of aliphatic hydroxyl groups excluding tert-OH is 2. The van der Waals surface area contributed by atoms with E-state index < -0.39 is 12.2 Å². The van der Waals surface area contributed by atoms with E-state index in [1.807, 2.05) is 0 Å². The summed E-state index contributed by atoms with van der Waals surface area (Å²) in [6.07, 6.45) is 0.210. The van der Waals surface area contributed by atoms with Crippen molar-refractivity contribution in [2.45, 2.75) is 18.6 Å². The third-order valence-corrected chi connectivity index (χ3v) is 3.35. The van der Waals surface area contributed by atoms with Gasteiger partial charge in [0, 0.05) is 28.5 Å². The molecule has 96 valence electrons. The van der Waals surface area contributed by atoms with E-state index in [1.54, 1.807) is 24.4 Å². The number of rotatable bonds is 4. The molecule has 2 unspecified atom stereocenters. The highest BCUT2D eigenvalue weighted by Gasteiger charge is 2.18. The van der Waals surface area contributed by atoms with E-state index in [2.05, 4.69) is 20.9 Å². The third kappa shape index (κ3) is 2.63. The Morgan fingerprint density at radius 1 is 1.28 bits per heavy atom. The summed E-state index contributed by atoms with van der Waals surface area (Å²) in [5.41, 5.74) is 1.16.